The van der Waals surface area contributed by atoms with Gasteiger partial charge in [0.05, 0.1) is 12.9 Å². The molecule has 20 heavy (non-hydrogen) atoms. The number of pyridine rings is 1. The summed E-state index contributed by atoms with van der Waals surface area (Å²) in [4.78, 5) is 3.97. The van der Waals surface area contributed by atoms with Crippen LogP contribution in [0.4, 0.5) is 5.82 Å². The first-order valence-electron chi connectivity index (χ1n) is 6.14. The maximum Gasteiger partial charge on any atom is 0.234 e. The second-order valence-electron chi connectivity index (χ2n) is 4.21. The van der Waals surface area contributed by atoms with Gasteiger partial charge in [0.1, 0.15) is 0 Å². The van der Waals surface area contributed by atoms with E-state index in [-0.39, 0.29) is 11.6 Å². The molecule has 0 amide bonds. The number of hydrogen-bond donors (Lipinski definition) is 1. The molecular formula is C14H16N2O3S. The largest absolute Gasteiger partial charge is 0.493 e. The normalized spacial score (nSPS) is 11.1. The van der Waals surface area contributed by atoms with Gasteiger partial charge < -0.3 is 4.74 Å². The van der Waals surface area contributed by atoms with E-state index in [9.17, 15) is 8.42 Å². The Bertz CT molecular complexity index is 657. The van der Waals surface area contributed by atoms with Gasteiger partial charge in [0, 0.05) is 6.20 Å². The maximum absolute atomic E-state index is 12.0. The van der Waals surface area contributed by atoms with Gasteiger partial charge in [0.25, 0.3) is 0 Å². The summed E-state index contributed by atoms with van der Waals surface area (Å²) in [5, 5.41) is 0. The van der Waals surface area contributed by atoms with Crippen LogP contribution in [0.1, 0.15) is 5.56 Å². The number of methoxy groups -OCH3 is 1. The SMILES string of the molecule is COc1cccnc1NS(=O)(=O)CCc1ccccc1. The van der Waals surface area contributed by atoms with Gasteiger partial charge in [-0.25, -0.2) is 13.4 Å². The van der Waals surface area contributed by atoms with Crippen LogP contribution < -0.4 is 9.46 Å². The van der Waals surface area contributed by atoms with Gasteiger partial charge in [-0.1, -0.05) is 30.3 Å². The summed E-state index contributed by atoms with van der Waals surface area (Å²) in [6.45, 7) is 0. The van der Waals surface area contributed by atoms with Gasteiger partial charge >= 0.3 is 0 Å². The van der Waals surface area contributed by atoms with Crippen LogP contribution in [0.15, 0.2) is 48.7 Å². The maximum atomic E-state index is 12.0. The van der Waals surface area contributed by atoms with Gasteiger partial charge in [0.15, 0.2) is 11.6 Å². The molecule has 106 valence electrons. The summed E-state index contributed by atoms with van der Waals surface area (Å²) in [6.07, 6.45) is 1.96. The third-order valence-electron chi connectivity index (χ3n) is 2.75. The van der Waals surface area contributed by atoms with Gasteiger partial charge in [-0.05, 0) is 24.1 Å². The highest BCUT2D eigenvalue weighted by Crippen LogP contribution is 2.21. The van der Waals surface area contributed by atoms with Gasteiger partial charge in [-0.3, -0.25) is 4.72 Å². The molecule has 0 bridgehead atoms. The highest BCUT2D eigenvalue weighted by molar-refractivity contribution is 7.92. The zero-order valence-electron chi connectivity index (χ0n) is 11.1. The van der Waals surface area contributed by atoms with Crippen LogP contribution in [0.3, 0.4) is 0 Å². The molecule has 0 fully saturated rings. The minimum atomic E-state index is -3.46. The molecule has 2 aromatic rings. The van der Waals surface area contributed by atoms with Crippen molar-refractivity contribution in [1.82, 2.24) is 4.98 Å². The van der Waals surface area contributed by atoms with Crippen LogP contribution in [0.2, 0.25) is 0 Å². The molecule has 0 aliphatic carbocycles. The van der Waals surface area contributed by atoms with Crippen molar-refractivity contribution in [2.75, 3.05) is 17.6 Å². The number of hydrogen-bond acceptors (Lipinski definition) is 4. The molecule has 2 rings (SSSR count). The van der Waals surface area contributed by atoms with E-state index >= 15 is 0 Å². The Morgan fingerprint density at radius 1 is 1.15 bits per heavy atom. The van der Waals surface area contributed by atoms with E-state index in [2.05, 4.69) is 9.71 Å². The summed E-state index contributed by atoms with van der Waals surface area (Å²) in [5.74, 6) is 0.607. The van der Waals surface area contributed by atoms with Crippen LogP contribution in [0, 0.1) is 0 Å². The summed E-state index contributed by atoms with van der Waals surface area (Å²) in [7, 11) is -1.99. The Balaban J connectivity index is 2.04. The van der Waals surface area contributed by atoms with E-state index in [1.807, 2.05) is 30.3 Å². The number of anilines is 1. The number of aromatic nitrogens is 1. The van der Waals surface area contributed by atoms with E-state index in [1.54, 1.807) is 12.1 Å². The summed E-state index contributed by atoms with van der Waals surface area (Å²) < 4.78 is 31.6. The van der Waals surface area contributed by atoms with E-state index < -0.39 is 10.0 Å². The Morgan fingerprint density at radius 2 is 1.90 bits per heavy atom. The van der Waals surface area contributed by atoms with E-state index in [0.717, 1.165) is 5.56 Å². The quantitative estimate of drug-likeness (QED) is 0.885. The fourth-order valence-electron chi connectivity index (χ4n) is 1.73. The van der Waals surface area contributed by atoms with Crippen LogP contribution >= 0.6 is 0 Å². The van der Waals surface area contributed by atoms with Gasteiger partial charge in [0.2, 0.25) is 10.0 Å². The molecule has 1 heterocycles. The molecule has 0 aliphatic rings. The molecule has 6 heteroatoms. The predicted octanol–water partition coefficient (Wildman–Crippen LogP) is 2.07. The molecule has 0 unspecified atom stereocenters. The lowest BCUT2D eigenvalue weighted by molar-refractivity contribution is 0.415. The lowest BCUT2D eigenvalue weighted by atomic mass is 10.2. The monoisotopic (exact) mass is 292 g/mol. The van der Waals surface area contributed by atoms with Crippen molar-refractivity contribution in [3.63, 3.8) is 0 Å². The first kappa shape index (κ1) is 14.3. The second kappa shape index (κ2) is 6.38. The highest BCUT2D eigenvalue weighted by Gasteiger charge is 2.14. The van der Waals surface area contributed by atoms with Gasteiger partial charge in [-0.2, -0.15) is 0 Å². The number of nitrogens with zero attached hydrogens (tertiary/aromatic N) is 1. The fraction of sp³-hybridized carbons (Fsp3) is 0.214. The molecular weight excluding hydrogens is 276 g/mol. The van der Waals surface area contributed by atoms with Crippen LogP contribution in [-0.4, -0.2) is 26.3 Å². The molecule has 1 aromatic heterocycles. The molecule has 0 spiro atoms. The molecule has 1 N–H and O–H groups in total. The molecule has 0 saturated heterocycles. The van der Waals surface area contributed by atoms with Crippen molar-refractivity contribution >= 4 is 15.8 Å². The topological polar surface area (TPSA) is 68.3 Å². The van der Waals surface area contributed by atoms with Crippen molar-refractivity contribution in [3.8, 4) is 5.75 Å². The molecule has 0 aliphatic heterocycles. The zero-order valence-corrected chi connectivity index (χ0v) is 11.9. The number of nitrogens with one attached hydrogen (secondary N) is 1. The number of rotatable bonds is 6. The van der Waals surface area contributed by atoms with Crippen LogP contribution in [-0.2, 0) is 16.4 Å². The summed E-state index contributed by atoms with van der Waals surface area (Å²) in [5.41, 5.74) is 0.978. The highest BCUT2D eigenvalue weighted by atomic mass is 32.2. The lowest BCUT2D eigenvalue weighted by Crippen LogP contribution is -2.19. The number of sulfonamides is 1. The average Bonchev–Trinajstić information content (AvgIpc) is 2.47. The second-order valence-corrected chi connectivity index (χ2v) is 6.05. The minimum Gasteiger partial charge on any atom is -0.493 e. The summed E-state index contributed by atoms with van der Waals surface area (Å²) >= 11 is 0. The number of benzene rings is 1. The van der Waals surface area contributed by atoms with Crippen molar-refractivity contribution in [2.24, 2.45) is 0 Å². The first-order valence-corrected chi connectivity index (χ1v) is 7.79. The molecule has 5 nitrogen and oxygen atoms in total. The molecule has 0 saturated carbocycles. The van der Waals surface area contributed by atoms with Crippen molar-refractivity contribution < 1.29 is 13.2 Å². The number of aryl methyl sites for hydroxylation is 1. The molecule has 1 aromatic carbocycles. The van der Waals surface area contributed by atoms with Crippen molar-refractivity contribution in [2.45, 2.75) is 6.42 Å². The predicted molar refractivity (Wildman–Crippen MR) is 78.3 cm³/mol. The van der Waals surface area contributed by atoms with Crippen LogP contribution in [0.5, 0.6) is 5.75 Å². The first-order chi connectivity index (χ1) is 9.61. The standard InChI is InChI=1S/C14H16N2O3S/c1-19-13-8-5-10-15-14(13)16-20(17,18)11-9-12-6-3-2-4-7-12/h2-8,10H,9,11H2,1H3,(H,15,16). The minimum absolute atomic E-state index is 0.00323. The van der Waals surface area contributed by atoms with Crippen molar-refractivity contribution in [1.29, 1.82) is 0 Å². The Hall–Kier alpha value is -2.08. The zero-order chi connectivity index (χ0) is 14.4. The Labute approximate surface area is 118 Å². The molecule has 0 radical (unpaired) electrons. The van der Waals surface area contributed by atoms with E-state index in [0.29, 0.717) is 12.2 Å². The Morgan fingerprint density at radius 3 is 2.60 bits per heavy atom. The Kier molecular flexibility index (Phi) is 4.57. The van der Waals surface area contributed by atoms with Gasteiger partial charge in [-0.15, -0.1) is 0 Å². The third kappa shape index (κ3) is 3.96. The number of ether oxygens (including phenoxy) is 1. The summed E-state index contributed by atoms with van der Waals surface area (Å²) in [6, 6.07) is 12.8. The van der Waals surface area contributed by atoms with Crippen molar-refractivity contribution in [3.05, 3.63) is 54.2 Å². The van der Waals surface area contributed by atoms with Crippen LogP contribution in [0.25, 0.3) is 0 Å². The fourth-order valence-corrected chi connectivity index (χ4v) is 2.78. The van der Waals surface area contributed by atoms with E-state index in [1.165, 1.54) is 13.3 Å². The van der Waals surface area contributed by atoms with E-state index in [4.69, 9.17) is 4.74 Å². The average molecular weight is 292 g/mol. The molecule has 0 atom stereocenters. The third-order valence-corrected chi connectivity index (χ3v) is 3.99. The smallest absolute Gasteiger partial charge is 0.234 e. The lowest BCUT2D eigenvalue weighted by Gasteiger charge is -2.10.